The van der Waals surface area contributed by atoms with E-state index in [1.807, 2.05) is 6.07 Å². The first-order chi connectivity index (χ1) is 12.8. The highest BCUT2D eigenvalue weighted by Crippen LogP contribution is 2.30. The third kappa shape index (κ3) is 5.26. The number of hydrogen-bond acceptors (Lipinski definition) is 5. The third-order valence-corrected chi connectivity index (χ3v) is 3.73. The maximum atomic E-state index is 12.7. The molecular weight excluding hydrogens is 431 g/mol. The molecule has 0 radical (unpaired) electrons. The van der Waals surface area contributed by atoms with Crippen molar-refractivity contribution in [3.63, 3.8) is 0 Å². The quantitative estimate of drug-likeness (QED) is 0.381. The van der Waals surface area contributed by atoms with Gasteiger partial charge in [0.15, 0.2) is 0 Å². The van der Waals surface area contributed by atoms with Crippen LogP contribution >= 0.6 is 15.9 Å². The topological polar surface area (TPSA) is 90.3 Å². The molecule has 0 aliphatic rings. The monoisotopic (exact) mass is 441 g/mol. The minimum Gasteiger partial charge on any atom is -0.846 e. The Bertz CT molecular complexity index is 957. The van der Waals surface area contributed by atoms with Gasteiger partial charge in [0.1, 0.15) is 5.69 Å². The van der Waals surface area contributed by atoms with E-state index in [0.717, 1.165) is 16.6 Å². The molecule has 0 aliphatic heterocycles. The van der Waals surface area contributed by atoms with E-state index in [2.05, 4.69) is 36.5 Å². The molecular formula is C16H11BrF3N5O2. The Labute approximate surface area is 159 Å². The normalized spacial score (nSPS) is 12.2. The van der Waals surface area contributed by atoms with Crippen LogP contribution in [0.25, 0.3) is 0 Å². The smallest absolute Gasteiger partial charge is 0.416 e. The standard InChI is InChI=1S/C16H11BrF3N5O2/c17-11-4-5-13(21-7-11)8-25-9-14(27-24-25)23-15(26)22-12-3-1-2-10(6-12)16(18,19)20/h1-7,9H,8H2,(H-,22,23,24,26). The number of anilines is 1. The van der Waals surface area contributed by atoms with Crippen molar-refractivity contribution < 1.29 is 27.5 Å². The molecule has 140 valence electrons. The van der Waals surface area contributed by atoms with Gasteiger partial charge in [0.25, 0.3) is 6.20 Å². The Morgan fingerprint density at radius 3 is 2.81 bits per heavy atom. The first-order valence-corrected chi connectivity index (χ1v) is 8.26. The predicted octanol–water partition coefficient (Wildman–Crippen LogP) is 2.65. The summed E-state index contributed by atoms with van der Waals surface area (Å²) in [6, 6.07) is 6.93. The predicted molar refractivity (Wildman–Crippen MR) is 89.9 cm³/mol. The second-order valence-corrected chi connectivity index (χ2v) is 6.24. The second-order valence-electron chi connectivity index (χ2n) is 5.33. The molecule has 7 nitrogen and oxygen atoms in total. The molecule has 0 fully saturated rings. The molecule has 27 heavy (non-hydrogen) atoms. The highest BCUT2D eigenvalue weighted by Gasteiger charge is 2.30. The van der Waals surface area contributed by atoms with Crippen LogP contribution in [0.4, 0.5) is 24.7 Å². The van der Waals surface area contributed by atoms with Gasteiger partial charge in [-0.05, 0) is 50.9 Å². The molecule has 1 aromatic carbocycles. The molecule has 2 aromatic heterocycles. The van der Waals surface area contributed by atoms with E-state index in [1.54, 1.807) is 12.3 Å². The van der Waals surface area contributed by atoms with Crippen molar-refractivity contribution in [2.75, 3.05) is 5.32 Å². The summed E-state index contributed by atoms with van der Waals surface area (Å²) >= 11 is 3.28. The van der Waals surface area contributed by atoms with E-state index in [-0.39, 0.29) is 11.6 Å². The summed E-state index contributed by atoms with van der Waals surface area (Å²) < 4.78 is 45.2. The summed E-state index contributed by atoms with van der Waals surface area (Å²) in [5.41, 5.74) is -0.207. The van der Waals surface area contributed by atoms with Gasteiger partial charge in [-0.2, -0.15) is 13.2 Å². The molecule has 0 amide bonds. The number of alkyl halides is 3. The van der Waals surface area contributed by atoms with Crippen LogP contribution in [0.15, 0.2) is 62.8 Å². The van der Waals surface area contributed by atoms with Crippen molar-refractivity contribution in [1.29, 1.82) is 0 Å². The van der Waals surface area contributed by atoms with Crippen molar-refractivity contribution in [3.05, 3.63) is 64.5 Å². The van der Waals surface area contributed by atoms with Crippen LogP contribution in [0.5, 0.6) is 0 Å². The molecule has 1 N–H and O–H groups in total. The zero-order valence-electron chi connectivity index (χ0n) is 13.4. The lowest BCUT2D eigenvalue weighted by molar-refractivity contribution is -0.755. The van der Waals surface area contributed by atoms with Crippen molar-refractivity contribution in [1.82, 2.24) is 10.3 Å². The molecule has 0 aliphatic carbocycles. The largest absolute Gasteiger partial charge is 0.846 e. The minimum atomic E-state index is -4.50. The molecule has 0 saturated heterocycles. The van der Waals surface area contributed by atoms with Crippen LogP contribution in [0.2, 0.25) is 0 Å². The molecule has 0 atom stereocenters. The first-order valence-electron chi connectivity index (χ1n) is 7.46. The van der Waals surface area contributed by atoms with Crippen molar-refractivity contribution >= 4 is 33.5 Å². The van der Waals surface area contributed by atoms with E-state index in [1.165, 1.54) is 23.0 Å². The number of amidine groups is 1. The van der Waals surface area contributed by atoms with Crippen LogP contribution in [0.1, 0.15) is 11.3 Å². The Kier molecular flexibility index (Phi) is 5.40. The Morgan fingerprint density at radius 1 is 1.30 bits per heavy atom. The van der Waals surface area contributed by atoms with Crippen molar-refractivity contribution in [2.24, 2.45) is 4.99 Å². The zero-order valence-corrected chi connectivity index (χ0v) is 15.0. The Hall–Kier alpha value is -2.95. The zero-order chi connectivity index (χ0) is 19.4. The first kappa shape index (κ1) is 18.8. The van der Waals surface area contributed by atoms with Gasteiger partial charge in [-0.15, -0.1) is 0 Å². The van der Waals surface area contributed by atoms with E-state index in [9.17, 15) is 18.3 Å². The van der Waals surface area contributed by atoms with Gasteiger partial charge in [-0.25, -0.2) is 4.99 Å². The maximum Gasteiger partial charge on any atom is 0.416 e. The Balaban J connectivity index is 1.68. The van der Waals surface area contributed by atoms with Gasteiger partial charge in [-0.3, -0.25) is 9.51 Å². The van der Waals surface area contributed by atoms with E-state index >= 15 is 0 Å². The van der Waals surface area contributed by atoms with Gasteiger partial charge in [-0.1, -0.05) is 6.07 Å². The summed E-state index contributed by atoms with van der Waals surface area (Å²) in [4.78, 5) is 7.79. The number of rotatable bonds is 4. The summed E-state index contributed by atoms with van der Waals surface area (Å²) in [6.07, 6.45) is -1.51. The fourth-order valence-corrected chi connectivity index (χ4v) is 2.32. The molecule has 0 spiro atoms. The van der Waals surface area contributed by atoms with Crippen LogP contribution < -0.4 is 15.1 Å². The number of pyridine rings is 1. The molecule has 3 rings (SSSR count). The fraction of sp³-hybridized carbons (Fsp3) is 0.125. The third-order valence-electron chi connectivity index (χ3n) is 3.26. The number of aliphatic imine (C=N–C) groups is 1. The average molecular weight is 442 g/mol. The van der Waals surface area contributed by atoms with Crippen LogP contribution in [0.3, 0.4) is 0 Å². The van der Waals surface area contributed by atoms with Crippen LogP contribution in [-0.4, -0.2) is 16.3 Å². The number of aromatic nitrogens is 3. The van der Waals surface area contributed by atoms with Crippen molar-refractivity contribution in [2.45, 2.75) is 12.7 Å². The molecule has 0 bridgehead atoms. The SMILES string of the molecule is [O-]C(=Nc1c[n+](Cc2ccc(Br)cn2)no1)Nc1cccc(C(F)(F)F)c1. The van der Waals surface area contributed by atoms with Gasteiger partial charge < -0.3 is 10.4 Å². The lowest BCUT2D eigenvalue weighted by Crippen LogP contribution is -2.35. The van der Waals surface area contributed by atoms with Crippen LogP contribution in [-0.2, 0) is 12.7 Å². The molecule has 3 aromatic rings. The Morgan fingerprint density at radius 2 is 2.11 bits per heavy atom. The highest BCUT2D eigenvalue weighted by atomic mass is 79.9. The number of nitrogens with one attached hydrogen (secondary N) is 1. The van der Waals surface area contributed by atoms with E-state index in [4.69, 9.17) is 4.52 Å². The number of hydrogen-bond donors (Lipinski definition) is 1. The molecule has 2 heterocycles. The number of halogens is 4. The summed E-state index contributed by atoms with van der Waals surface area (Å²) in [5, 5.41) is 17.8. The van der Waals surface area contributed by atoms with Gasteiger partial charge in [0, 0.05) is 16.4 Å². The molecule has 0 unspecified atom stereocenters. The van der Waals surface area contributed by atoms with Crippen LogP contribution in [0, 0.1) is 0 Å². The molecule has 0 saturated carbocycles. The highest BCUT2D eigenvalue weighted by molar-refractivity contribution is 9.10. The lowest BCUT2D eigenvalue weighted by atomic mass is 10.2. The molecule has 11 heteroatoms. The van der Waals surface area contributed by atoms with Gasteiger partial charge in [0.2, 0.25) is 11.8 Å². The average Bonchev–Trinajstić information content (AvgIpc) is 3.03. The van der Waals surface area contributed by atoms with Crippen molar-refractivity contribution in [3.8, 4) is 0 Å². The van der Waals surface area contributed by atoms with E-state index < -0.39 is 17.8 Å². The number of benzene rings is 1. The fourth-order valence-electron chi connectivity index (χ4n) is 2.08. The summed E-state index contributed by atoms with van der Waals surface area (Å²) in [7, 11) is 0. The lowest BCUT2D eigenvalue weighted by Gasteiger charge is -2.14. The number of nitrogens with zero attached hydrogens (tertiary/aromatic N) is 4. The van der Waals surface area contributed by atoms with Gasteiger partial charge in [0.05, 0.1) is 11.6 Å². The van der Waals surface area contributed by atoms with E-state index in [0.29, 0.717) is 12.2 Å². The summed E-state index contributed by atoms with van der Waals surface area (Å²) in [5.74, 6) is -0.100. The second kappa shape index (κ2) is 7.74. The maximum absolute atomic E-state index is 12.7. The van der Waals surface area contributed by atoms with Gasteiger partial charge >= 0.3 is 12.1 Å². The minimum absolute atomic E-state index is 0.0370. The summed E-state index contributed by atoms with van der Waals surface area (Å²) in [6.45, 7) is 0.293.